The molecule has 1 aromatic heterocycles. The largest absolute Gasteiger partial charge is 0.382 e. The number of anilines is 1. The summed E-state index contributed by atoms with van der Waals surface area (Å²) >= 11 is 1.60. The summed E-state index contributed by atoms with van der Waals surface area (Å²) in [6.07, 6.45) is 5.06. The molecular formula is C20H26F2N4OS. The quantitative estimate of drug-likeness (QED) is 0.703. The zero-order chi connectivity index (χ0) is 19.5. The summed E-state index contributed by atoms with van der Waals surface area (Å²) in [7, 11) is 0. The van der Waals surface area contributed by atoms with Gasteiger partial charge in [-0.05, 0) is 44.4 Å². The molecule has 1 aliphatic carbocycles. The van der Waals surface area contributed by atoms with E-state index in [0.717, 1.165) is 25.8 Å². The molecule has 0 unspecified atom stereocenters. The number of nitrogens with one attached hydrogen (secondary N) is 3. The predicted octanol–water partition coefficient (Wildman–Crippen LogP) is 3.74. The third-order valence-corrected chi connectivity index (χ3v) is 6.86. The number of nitrogens with zero attached hydrogens (tertiary/aromatic N) is 1. The summed E-state index contributed by atoms with van der Waals surface area (Å²) < 4.78 is 28.3. The summed E-state index contributed by atoms with van der Waals surface area (Å²) in [6.45, 7) is 1.19. The number of fused-ring (bicyclic) bond motifs is 1. The van der Waals surface area contributed by atoms with Gasteiger partial charge in [0, 0.05) is 23.5 Å². The van der Waals surface area contributed by atoms with E-state index in [1.165, 1.54) is 18.9 Å². The molecule has 4 rings (SSSR count). The van der Waals surface area contributed by atoms with Gasteiger partial charge in [0.25, 0.3) is 5.56 Å². The first-order valence-corrected chi connectivity index (χ1v) is 11.1. The van der Waals surface area contributed by atoms with Crippen LogP contribution < -0.4 is 16.2 Å². The van der Waals surface area contributed by atoms with E-state index in [-0.39, 0.29) is 10.6 Å². The Morgan fingerprint density at radius 3 is 2.89 bits per heavy atom. The van der Waals surface area contributed by atoms with E-state index in [1.54, 1.807) is 17.8 Å². The fraction of sp³-hybridized carbons (Fsp3) is 0.600. The predicted molar refractivity (Wildman–Crippen MR) is 110 cm³/mol. The molecule has 0 amide bonds. The van der Waals surface area contributed by atoms with E-state index < -0.39 is 17.5 Å². The second kappa shape index (κ2) is 8.78. The lowest BCUT2D eigenvalue weighted by atomic mass is 10.2. The number of hydrogen-bond acceptors (Lipinski definition) is 5. The van der Waals surface area contributed by atoms with Crippen LogP contribution in [0.1, 0.15) is 44.3 Å². The fourth-order valence-corrected chi connectivity index (χ4v) is 5.25. The van der Waals surface area contributed by atoms with Gasteiger partial charge in [0.15, 0.2) is 0 Å². The number of thioether (sulfide) groups is 1. The van der Waals surface area contributed by atoms with Crippen LogP contribution in [0, 0.1) is 5.82 Å². The maximum Gasteiger partial charge on any atom is 0.261 e. The van der Waals surface area contributed by atoms with Gasteiger partial charge in [0.1, 0.15) is 23.2 Å². The lowest BCUT2D eigenvalue weighted by Crippen LogP contribution is -2.21. The maximum atomic E-state index is 14.5. The van der Waals surface area contributed by atoms with E-state index in [4.69, 9.17) is 0 Å². The lowest BCUT2D eigenvalue weighted by molar-refractivity contribution is 0.317. The molecule has 0 radical (unpaired) electrons. The van der Waals surface area contributed by atoms with E-state index in [1.807, 2.05) is 0 Å². The van der Waals surface area contributed by atoms with Gasteiger partial charge < -0.3 is 15.6 Å². The molecule has 0 spiro atoms. The van der Waals surface area contributed by atoms with Crippen LogP contribution >= 0.6 is 11.8 Å². The zero-order valence-electron chi connectivity index (χ0n) is 15.8. The average Bonchev–Trinajstić information content (AvgIpc) is 3.06. The second-order valence-corrected chi connectivity index (χ2v) is 9.04. The second-order valence-electron chi connectivity index (χ2n) is 7.75. The first-order valence-electron chi connectivity index (χ1n) is 10.0. The molecule has 1 saturated carbocycles. The highest BCUT2D eigenvalue weighted by Gasteiger charge is 2.21. The summed E-state index contributed by atoms with van der Waals surface area (Å²) in [6, 6.07) is 3.49. The minimum atomic E-state index is -0.845. The maximum absolute atomic E-state index is 14.5. The molecule has 8 heteroatoms. The van der Waals surface area contributed by atoms with Gasteiger partial charge >= 0.3 is 0 Å². The standard InChI is InChI=1S/C20H26F2N4OS/c21-12-7-15(5-6-23-10-12)28-11-18-25-17-9-14(24-13-3-1-2-4-13)8-16(22)19(17)20(27)26-18/h8-9,12-13,15,23-24H,1-7,10-11H2,(H,25,26,27)/t12-,15+/m0/s1. The summed E-state index contributed by atoms with van der Waals surface area (Å²) in [5, 5.41) is 6.62. The molecule has 28 heavy (non-hydrogen) atoms. The summed E-state index contributed by atoms with van der Waals surface area (Å²) in [4.78, 5) is 19.6. The Labute approximate surface area is 167 Å². The number of rotatable bonds is 5. The van der Waals surface area contributed by atoms with Crippen LogP contribution in [0.5, 0.6) is 0 Å². The smallest absolute Gasteiger partial charge is 0.261 e. The molecule has 2 fully saturated rings. The number of halogens is 2. The molecule has 2 heterocycles. The first-order chi connectivity index (χ1) is 13.6. The molecule has 1 saturated heterocycles. The Bertz CT molecular complexity index is 884. The number of H-pyrrole nitrogens is 1. The van der Waals surface area contributed by atoms with Gasteiger partial charge in [0.05, 0.1) is 11.3 Å². The van der Waals surface area contributed by atoms with Crippen LogP contribution in [0.2, 0.25) is 0 Å². The molecule has 0 bridgehead atoms. The van der Waals surface area contributed by atoms with Gasteiger partial charge in [-0.1, -0.05) is 12.8 Å². The van der Waals surface area contributed by atoms with Crippen molar-refractivity contribution in [1.29, 1.82) is 0 Å². The number of alkyl halides is 1. The van der Waals surface area contributed by atoms with Crippen molar-refractivity contribution in [2.75, 3.05) is 18.4 Å². The molecule has 1 aliphatic heterocycles. The fourth-order valence-electron chi connectivity index (χ4n) is 4.09. The first kappa shape index (κ1) is 19.6. The summed E-state index contributed by atoms with van der Waals surface area (Å²) in [5.41, 5.74) is 0.575. The van der Waals surface area contributed by atoms with Crippen LogP contribution in [0.3, 0.4) is 0 Å². The van der Waals surface area contributed by atoms with Crippen LogP contribution in [-0.4, -0.2) is 40.5 Å². The minimum absolute atomic E-state index is 0.00629. The highest BCUT2D eigenvalue weighted by atomic mass is 32.2. The number of aromatic nitrogens is 2. The molecular weight excluding hydrogens is 382 g/mol. The number of aromatic amines is 1. The van der Waals surface area contributed by atoms with Crippen molar-refractivity contribution < 1.29 is 8.78 Å². The monoisotopic (exact) mass is 408 g/mol. The van der Waals surface area contributed by atoms with Crippen molar-refractivity contribution in [2.24, 2.45) is 0 Å². The molecule has 2 aromatic rings. The Kier molecular flexibility index (Phi) is 6.16. The van der Waals surface area contributed by atoms with E-state index in [2.05, 4.69) is 20.6 Å². The Morgan fingerprint density at radius 1 is 1.25 bits per heavy atom. The van der Waals surface area contributed by atoms with Crippen LogP contribution in [0.15, 0.2) is 16.9 Å². The SMILES string of the molecule is O=c1[nH]c(CS[C@@H]2CCNC[C@@H](F)C2)nc2cc(NC3CCCC3)cc(F)c12. The normalized spacial score (nSPS) is 23.8. The Morgan fingerprint density at radius 2 is 2.07 bits per heavy atom. The topological polar surface area (TPSA) is 69.8 Å². The van der Waals surface area contributed by atoms with Gasteiger partial charge in [-0.2, -0.15) is 11.8 Å². The highest BCUT2D eigenvalue weighted by molar-refractivity contribution is 7.99. The molecule has 152 valence electrons. The number of hydrogen-bond donors (Lipinski definition) is 3. The highest BCUT2D eigenvalue weighted by Crippen LogP contribution is 2.27. The van der Waals surface area contributed by atoms with Crippen molar-refractivity contribution in [1.82, 2.24) is 15.3 Å². The van der Waals surface area contributed by atoms with E-state index in [0.29, 0.717) is 41.8 Å². The zero-order valence-corrected chi connectivity index (χ0v) is 16.6. The van der Waals surface area contributed by atoms with Gasteiger partial charge in [-0.15, -0.1) is 0 Å². The summed E-state index contributed by atoms with van der Waals surface area (Å²) in [5.74, 6) is 0.429. The third-order valence-electron chi connectivity index (χ3n) is 5.52. The Balaban J connectivity index is 1.53. The van der Waals surface area contributed by atoms with Crippen molar-refractivity contribution in [3.8, 4) is 0 Å². The van der Waals surface area contributed by atoms with Crippen molar-refractivity contribution in [2.45, 2.75) is 61.7 Å². The van der Waals surface area contributed by atoms with E-state index >= 15 is 0 Å². The minimum Gasteiger partial charge on any atom is -0.382 e. The lowest BCUT2D eigenvalue weighted by Gasteiger charge is -2.15. The average molecular weight is 409 g/mol. The van der Waals surface area contributed by atoms with Crippen LogP contribution in [0.25, 0.3) is 10.9 Å². The van der Waals surface area contributed by atoms with Crippen molar-refractivity contribution in [3.05, 3.63) is 34.1 Å². The van der Waals surface area contributed by atoms with Gasteiger partial charge in [-0.3, -0.25) is 4.79 Å². The van der Waals surface area contributed by atoms with E-state index in [9.17, 15) is 13.6 Å². The number of benzene rings is 1. The Hall–Kier alpha value is -1.67. The molecule has 1 aromatic carbocycles. The molecule has 2 atom stereocenters. The molecule has 2 aliphatic rings. The third kappa shape index (κ3) is 4.66. The molecule has 3 N–H and O–H groups in total. The van der Waals surface area contributed by atoms with Gasteiger partial charge in [0.2, 0.25) is 0 Å². The molecule has 5 nitrogen and oxygen atoms in total. The van der Waals surface area contributed by atoms with Crippen LogP contribution in [0.4, 0.5) is 14.5 Å². The van der Waals surface area contributed by atoms with Gasteiger partial charge in [-0.25, -0.2) is 13.8 Å². The van der Waals surface area contributed by atoms with Crippen molar-refractivity contribution in [3.63, 3.8) is 0 Å². The van der Waals surface area contributed by atoms with Crippen molar-refractivity contribution >= 4 is 28.4 Å². The van der Waals surface area contributed by atoms with Crippen LogP contribution in [-0.2, 0) is 5.75 Å².